The summed E-state index contributed by atoms with van der Waals surface area (Å²) in [4.78, 5) is 85.5. The van der Waals surface area contributed by atoms with Crippen LogP contribution >= 0.6 is 11.6 Å². The van der Waals surface area contributed by atoms with Crippen molar-refractivity contribution < 1.29 is 38.2 Å². The maximum atomic E-state index is 14.8. The van der Waals surface area contributed by atoms with Crippen LogP contribution in [-0.4, -0.2) is 145 Å². The van der Waals surface area contributed by atoms with Gasteiger partial charge in [0.05, 0.1) is 54.9 Å². The number of fused-ring (bicyclic) bond motifs is 2. The lowest BCUT2D eigenvalue weighted by molar-refractivity contribution is -0.139. The van der Waals surface area contributed by atoms with Crippen LogP contribution in [0.4, 0.5) is 28.4 Å². The van der Waals surface area contributed by atoms with E-state index in [0.717, 1.165) is 147 Å². The number of carbonyl (C=O) groups excluding carboxylic acids is 6. The Morgan fingerprint density at radius 2 is 0.945 bits per heavy atom. The first-order valence-electron chi connectivity index (χ1n) is 36.9. The van der Waals surface area contributed by atoms with Gasteiger partial charge in [-0.05, 0) is 167 Å². The molecule has 109 heavy (non-hydrogen) atoms. The summed E-state index contributed by atoms with van der Waals surface area (Å²) in [5.74, 6) is 0.0277. The number of hydrogen-bond donors (Lipinski definition) is 1. The molecule has 3 amide bonds. The number of benzene rings is 9. The molecule has 6 aliphatic rings. The molecule has 1 aromatic heterocycles. The quantitative estimate of drug-likeness (QED) is 0.0579. The Hall–Kier alpha value is -11.7. The first-order chi connectivity index (χ1) is 53.1. The molecular formula is C89H88ClN11O8. The van der Waals surface area contributed by atoms with Crippen LogP contribution in [0, 0.1) is 33.6 Å². The maximum absolute atomic E-state index is 14.8. The van der Waals surface area contributed by atoms with E-state index in [2.05, 4.69) is 63.5 Å². The number of carbonyl (C=O) groups is 6. The minimum atomic E-state index is -0.940. The van der Waals surface area contributed by atoms with Crippen molar-refractivity contribution in [3.8, 4) is 39.1 Å². The van der Waals surface area contributed by atoms with Crippen LogP contribution in [0.2, 0.25) is 0 Å². The Morgan fingerprint density at radius 3 is 1.43 bits per heavy atom. The van der Waals surface area contributed by atoms with Gasteiger partial charge in [0.2, 0.25) is 5.66 Å². The number of amides is 3. The van der Waals surface area contributed by atoms with E-state index in [9.17, 15) is 28.8 Å². The van der Waals surface area contributed by atoms with Crippen LogP contribution in [0.3, 0.4) is 0 Å². The fourth-order valence-electron chi connectivity index (χ4n) is 15.0. The fourth-order valence-corrected chi connectivity index (χ4v) is 15.0. The van der Waals surface area contributed by atoms with Gasteiger partial charge in [-0.2, -0.15) is 15.3 Å². The number of ether oxygens (including phenoxy) is 2. The second kappa shape index (κ2) is 34.4. The largest absolute Gasteiger partial charge is 0.379 e. The van der Waals surface area contributed by atoms with Crippen molar-refractivity contribution in [2.75, 3.05) is 97.4 Å². The predicted octanol–water partition coefficient (Wildman–Crippen LogP) is 16.0. The highest BCUT2D eigenvalue weighted by atomic mass is 35.5. The average Bonchev–Trinajstić information content (AvgIpc) is 1.57. The van der Waals surface area contributed by atoms with Crippen molar-refractivity contribution in [2.45, 2.75) is 66.5 Å². The van der Waals surface area contributed by atoms with Crippen LogP contribution in [0.1, 0.15) is 96.2 Å². The molecule has 9 aromatic carbocycles. The zero-order valence-electron chi connectivity index (χ0n) is 62.2. The van der Waals surface area contributed by atoms with Crippen molar-refractivity contribution in [3.63, 3.8) is 0 Å². The average molecular weight is 1480 g/mol. The van der Waals surface area contributed by atoms with Gasteiger partial charge in [0.1, 0.15) is 10.9 Å². The minimum Gasteiger partial charge on any atom is -0.379 e. The molecule has 7 heterocycles. The highest BCUT2D eigenvalue weighted by molar-refractivity contribution is 6.64. The SMILES string of the molecule is C/C(Cl)=N/Nc1ccc(C)cc1.CC1=NN(c2ccc(C)cc2)[C@@]2(N3CCOCC3)C(=O)N(c3ccc(-c4ccccc4C=O)cc3)CC[C@@H]12.Cc1ccc(-n2nc(C)c3c2C(=O)N(c2ccc(-c4ccccc4C=O)cc2)CC3)cc1.O=Cc1ccccc1-c1ccc(N2CCC=C(N3CCOCC3)C2=O)cc1. The summed E-state index contributed by atoms with van der Waals surface area (Å²) < 4.78 is 12.9. The number of aldehydes is 3. The second-order valence-corrected chi connectivity index (χ2v) is 28.2. The number of halogens is 1. The van der Waals surface area contributed by atoms with Gasteiger partial charge >= 0.3 is 0 Å². The molecule has 3 saturated heterocycles. The number of hydrazone groups is 2. The number of nitrogens with one attached hydrogen (secondary N) is 1. The van der Waals surface area contributed by atoms with Crippen LogP contribution in [0.5, 0.6) is 0 Å². The van der Waals surface area contributed by atoms with E-state index in [4.69, 9.17) is 26.2 Å². The Bertz CT molecular complexity index is 5030. The van der Waals surface area contributed by atoms with E-state index in [-0.39, 0.29) is 23.6 Å². The minimum absolute atomic E-state index is 0.00982. The summed E-state index contributed by atoms with van der Waals surface area (Å²) in [5, 5.41) is 16.0. The summed E-state index contributed by atoms with van der Waals surface area (Å²) in [5.41, 5.74) is 22.6. The van der Waals surface area contributed by atoms with E-state index < -0.39 is 5.66 Å². The fraction of sp³-hybridized carbons (Fsp3) is 0.247. The van der Waals surface area contributed by atoms with Gasteiger partial charge in [-0.25, -0.2) is 9.69 Å². The molecule has 10 aromatic rings. The predicted molar refractivity (Wildman–Crippen MR) is 434 cm³/mol. The van der Waals surface area contributed by atoms with Gasteiger partial charge in [0, 0.05) is 96.8 Å². The molecule has 0 radical (unpaired) electrons. The number of anilines is 5. The van der Waals surface area contributed by atoms with Crippen LogP contribution in [-0.2, 0) is 25.5 Å². The lowest BCUT2D eigenvalue weighted by Gasteiger charge is -2.53. The molecule has 0 bridgehead atoms. The Kier molecular flexibility index (Phi) is 23.9. The molecule has 6 aliphatic heterocycles. The third-order valence-corrected chi connectivity index (χ3v) is 20.8. The Labute approximate surface area is 641 Å². The smallest absolute Gasteiger partial charge is 0.277 e. The van der Waals surface area contributed by atoms with E-state index in [1.54, 1.807) is 17.7 Å². The standard InChI is InChI=1S/C31H32N4O3.C27H23N3O2.C22H22N2O3.C9H11ClN2/c1-22-7-11-27(12-8-22)35-31(33-17-19-38-20-18-33)29(23(2)32-35)15-16-34(30(31)37)26-13-9-24(10-14-26)28-6-4-3-5-25(28)21-36;1-18-7-11-23(12-8-18)30-26-24(19(2)28-30)15-16-29(27(26)32)22-13-9-20(10-14-22)25-6-4-3-5-21(25)17-31;25-16-18-4-1-2-5-20(18)17-7-9-19(10-8-17)24-11-3-6-21(22(24)26)23-12-14-27-15-13-23;1-7-3-5-9(6-4-7)12-11-8(2)10/h3-14,21,29H,15-20H2,1-2H3;3-14,17H,15-16H2,1-2H3;1-2,4-10,16H,3,11-15H2;3-6,12H,1-2H3/b;;;11-8-/t29-,31+;;;/m0.../s1. The van der Waals surface area contributed by atoms with Crippen LogP contribution in [0.15, 0.2) is 240 Å². The third-order valence-electron chi connectivity index (χ3n) is 20.7. The molecule has 554 valence electrons. The molecule has 20 heteroatoms. The molecular weight excluding hydrogens is 1390 g/mol. The maximum Gasteiger partial charge on any atom is 0.277 e. The summed E-state index contributed by atoms with van der Waals surface area (Å²) in [6, 6.07) is 70.4. The van der Waals surface area contributed by atoms with Gasteiger partial charge in [0.25, 0.3) is 17.7 Å². The molecule has 0 saturated carbocycles. The second-order valence-electron chi connectivity index (χ2n) is 27.7. The molecule has 19 nitrogen and oxygen atoms in total. The van der Waals surface area contributed by atoms with Crippen molar-refractivity contribution >= 4 is 87.5 Å². The topological polar surface area (TPSA) is 195 Å². The van der Waals surface area contributed by atoms with E-state index in [1.165, 1.54) is 11.1 Å². The molecule has 0 spiro atoms. The summed E-state index contributed by atoms with van der Waals surface area (Å²) in [6.07, 6.45) is 7.08. The monoisotopic (exact) mass is 1470 g/mol. The van der Waals surface area contributed by atoms with Crippen LogP contribution in [0.25, 0.3) is 39.1 Å². The molecule has 3 fully saturated rings. The van der Waals surface area contributed by atoms with E-state index in [1.807, 2.05) is 235 Å². The van der Waals surface area contributed by atoms with Crippen molar-refractivity contribution in [2.24, 2.45) is 16.1 Å². The summed E-state index contributed by atoms with van der Waals surface area (Å²) in [7, 11) is 0. The number of rotatable bonds is 15. The van der Waals surface area contributed by atoms with Gasteiger partial charge < -0.3 is 29.1 Å². The zero-order valence-corrected chi connectivity index (χ0v) is 62.9. The number of morpholine rings is 2. The normalized spacial score (nSPS) is 17.8. The van der Waals surface area contributed by atoms with Gasteiger partial charge in [-0.15, -0.1) is 0 Å². The van der Waals surface area contributed by atoms with Crippen molar-refractivity contribution in [3.05, 3.63) is 280 Å². The molecule has 1 N–H and O–H groups in total. The number of aromatic nitrogens is 2. The molecule has 0 aliphatic carbocycles. The molecule has 16 rings (SSSR count). The first kappa shape index (κ1) is 75.5. The van der Waals surface area contributed by atoms with Crippen molar-refractivity contribution in [1.82, 2.24) is 19.6 Å². The number of nitrogens with zero attached hydrogens (tertiary/aromatic N) is 10. The third kappa shape index (κ3) is 16.4. The van der Waals surface area contributed by atoms with Crippen LogP contribution < -0.4 is 25.1 Å². The number of aryl methyl sites for hydroxylation is 4. The first-order valence-corrected chi connectivity index (χ1v) is 37.3. The Morgan fingerprint density at radius 1 is 0.505 bits per heavy atom. The summed E-state index contributed by atoms with van der Waals surface area (Å²) in [6.45, 7) is 19.1. The molecule has 0 unspecified atom stereocenters. The highest BCUT2D eigenvalue weighted by Gasteiger charge is 2.63. The van der Waals surface area contributed by atoms with E-state index >= 15 is 0 Å². The van der Waals surface area contributed by atoms with Gasteiger partial charge in [0.15, 0.2) is 18.9 Å². The van der Waals surface area contributed by atoms with Crippen molar-refractivity contribution in [1.29, 1.82) is 0 Å². The van der Waals surface area contributed by atoms with E-state index in [0.29, 0.717) is 86.7 Å². The van der Waals surface area contributed by atoms with Gasteiger partial charge in [-0.1, -0.05) is 180 Å². The van der Waals surface area contributed by atoms with Gasteiger partial charge in [-0.3, -0.25) is 39.1 Å². The number of hydrogen-bond acceptors (Lipinski definition) is 15. The lowest BCUT2D eigenvalue weighted by atomic mass is 9.80. The summed E-state index contributed by atoms with van der Waals surface area (Å²) >= 11 is 5.55. The highest BCUT2D eigenvalue weighted by Crippen LogP contribution is 2.47. The number of piperidine rings is 1. The molecule has 2 atom stereocenters. The Balaban J connectivity index is 0.000000135. The lowest BCUT2D eigenvalue weighted by Crippen LogP contribution is -2.74. The zero-order chi connectivity index (χ0) is 76.1.